The van der Waals surface area contributed by atoms with Gasteiger partial charge in [-0.1, -0.05) is 68.4 Å². The lowest BCUT2D eigenvalue weighted by Gasteiger charge is -2.14. The minimum atomic E-state index is -1.10. The average molecular weight is 392 g/mol. The first-order valence-electron chi connectivity index (χ1n) is 9.56. The second-order valence-electron chi connectivity index (χ2n) is 7.14. The highest BCUT2D eigenvalue weighted by Crippen LogP contribution is 2.24. The van der Waals surface area contributed by atoms with Crippen molar-refractivity contribution in [2.24, 2.45) is 0 Å². The number of carbonyl (C=O) groups is 2. The summed E-state index contributed by atoms with van der Waals surface area (Å²) in [6, 6.07) is 15.6. The summed E-state index contributed by atoms with van der Waals surface area (Å²) in [6.07, 6.45) is 2.02. The summed E-state index contributed by atoms with van der Waals surface area (Å²) >= 11 is 0. The highest BCUT2D eigenvalue weighted by atomic mass is 16.4. The minimum absolute atomic E-state index is 0.0862. The van der Waals surface area contributed by atoms with Gasteiger partial charge in [0.2, 0.25) is 5.91 Å². The van der Waals surface area contributed by atoms with E-state index in [0.29, 0.717) is 23.1 Å². The number of carboxylic acids is 1. The Morgan fingerprint density at radius 3 is 2.34 bits per heavy atom. The number of benzene rings is 2. The molecule has 1 unspecified atom stereocenters. The van der Waals surface area contributed by atoms with Gasteiger partial charge in [0.05, 0.1) is 6.20 Å². The summed E-state index contributed by atoms with van der Waals surface area (Å²) < 4.78 is 5.75. The summed E-state index contributed by atoms with van der Waals surface area (Å²) in [4.78, 5) is 28.0. The fourth-order valence-corrected chi connectivity index (χ4v) is 2.98. The molecular formula is C23H24N2O4. The number of hydrogen-bond donors (Lipinski definition) is 2. The number of carbonyl (C=O) groups excluding carboxylic acids is 1. The number of nitrogens with one attached hydrogen (secondary N) is 1. The lowest BCUT2D eigenvalue weighted by molar-refractivity contribution is -0.142. The van der Waals surface area contributed by atoms with Gasteiger partial charge in [0, 0.05) is 18.4 Å². The van der Waals surface area contributed by atoms with Gasteiger partial charge in [-0.3, -0.25) is 4.79 Å². The van der Waals surface area contributed by atoms with Crippen LogP contribution in [-0.2, 0) is 16.0 Å². The first-order valence-corrected chi connectivity index (χ1v) is 9.56. The van der Waals surface area contributed by atoms with Crippen molar-refractivity contribution in [2.45, 2.75) is 38.6 Å². The fourth-order valence-electron chi connectivity index (χ4n) is 2.98. The molecule has 0 saturated carbocycles. The fraction of sp³-hybridized carbons (Fsp3) is 0.261. The molecule has 0 aliphatic carbocycles. The van der Waals surface area contributed by atoms with Gasteiger partial charge in [-0.15, -0.1) is 0 Å². The number of oxazole rings is 1. The third kappa shape index (κ3) is 5.31. The molecule has 3 rings (SSSR count). The molecule has 2 N–H and O–H groups in total. The Bertz CT molecular complexity index is 962. The number of aromatic nitrogens is 1. The van der Waals surface area contributed by atoms with Gasteiger partial charge >= 0.3 is 5.97 Å². The Hall–Kier alpha value is -3.41. The van der Waals surface area contributed by atoms with Gasteiger partial charge in [0.1, 0.15) is 0 Å². The number of amides is 1. The van der Waals surface area contributed by atoms with Crippen molar-refractivity contribution in [2.75, 3.05) is 0 Å². The van der Waals surface area contributed by atoms with Crippen LogP contribution < -0.4 is 5.32 Å². The maximum Gasteiger partial charge on any atom is 0.330 e. The molecule has 1 heterocycles. The maximum atomic E-state index is 12.2. The van der Waals surface area contributed by atoms with Gasteiger partial charge in [-0.25, -0.2) is 9.78 Å². The van der Waals surface area contributed by atoms with Crippen molar-refractivity contribution in [3.8, 4) is 11.3 Å². The summed E-state index contributed by atoms with van der Waals surface area (Å²) in [5.41, 5.74) is 2.70. The quantitative estimate of drug-likeness (QED) is 0.595. The number of aryl methyl sites for hydroxylation is 1. The second-order valence-corrected chi connectivity index (χ2v) is 7.14. The van der Waals surface area contributed by atoms with Crippen LogP contribution in [0.1, 0.15) is 49.2 Å². The third-order valence-corrected chi connectivity index (χ3v) is 4.67. The van der Waals surface area contributed by atoms with Gasteiger partial charge in [-0.05, 0) is 17.0 Å². The van der Waals surface area contributed by atoms with Crippen LogP contribution in [0.2, 0.25) is 0 Å². The van der Waals surface area contributed by atoms with Crippen LogP contribution in [0, 0.1) is 0 Å². The maximum absolute atomic E-state index is 12.2. The third-order valence-electron chi connectivity index (χ3n) is 4.67. The van der Waals surface area contributed by atoms with Crippen molar-refractivity contribution in [1.29, 1.82) is 0 Å². The van der Waals surface area contributed by atoms with E-state index in [1.54, 1.807) is 36.5 Å². The topological polar surface area (TPSA) is 92.4 Å². The summed E-state index contributed by atoms with van der Waals surface area (Å²) in [5.74, 6) is 0.0616. The predicted octanol–water partition coefficient (Wildman–Crippen LogP) is 4.34. The summed E-state index contributed by atoms with van der Waals surface area (Å²) in [6.45, 7) is 4.28. The molecule has 29 heavy (non-hydrogen) atoms. The SMILES string of the molecule is CC(C)c1ccc(-c2cnc(CCC(=O)NC(C(=O)O)c3ccccc3)o2)cc1. The second kappa shape index (κ2) is 9.19. The molecule has 1 amide bonds. The van der Waals surface area contributed by atoms with Crippen molar-refractivity contribution < 1.29 is 19.1 Å². The highest BCUT2D eigenvalue weighted by molar-refractivity contribution is 5.84. The van der Waals surface area contributed by atoms with E-state index in [0.717, 1.165) is 5.56 Å². The Labute approximate surface area is 169 Å². The van der Waals surface area contributed by atoms with E-state index in [1.165, 1.54) is 5.56 Å². The molecule has 0 bridgehead atoms. The smallest absolute Gasteiger partial charge is 0.330 e. The Balaban J connectivity index is 1.58. The van der Waals surface area contributed by atoms with Gasteiger partial charge in [0.15, 0.2) is 17.7 Å². The summed E-state index contributed by atoms with van der Waals surface area (Å²) in [7, 11) is 0. The van der Waals surface area contributed by atoms with Crippen LogP contribution in [0.15, 0.2) is 65.2 Å². The van der Waals surface area contributed by atoms with Crippen molar-refractivity contribution >= 4 is 11.9 Å². The Morgan fingerprint density at radius 1 is 1.03 bits per heavy atom. The molecule has 0 aliphatic heterocycles. The molecule has 150 valence electrons. The summed E-state index contributed by atoms with van der Waals surface area (Å²) in [5, 5.41) is 11.9. The molecule has 1 aromatic heterocycles. The van der Waals surface area contributed by atoms with Crippen molar-refractivity contribution in [3.05, 3.63) is 77.8 Å². The number of nitrogens with zero attached hydrogens (tertiary/aromatic N) is 1. The van der Waals surface area contributed by atoms with Crippen LogP contribution in [0.25, 0.3) is 11.3 Å². The van der Waals surface area contributed by atoms with E-state index in [-0.39, 0.29) is 18.7 Å². The monoisotopic (exact) mass is 392 g/mol. The largest absolute Gasteiger partial charge is 0.479 e. The normalized spacial score (nSPS) is 12.0. The lowest BCUT2D eigenvalue weighted by atomic mass is 10.0. The number of carboxylic acid groups (broad SMARTS) is 1. The van der Waals surface area contributed by atoms with Crippen LogP contribution in [0.5, 0.6) is 0 Å². The van der Waals surface area contributed by atoms with Crippen LogP contribution in [0.3, 0.4) is 0 Å². The first kappa shape index (κ1) is 20.3. The molecule has 0 aliphatic rings. The van der Waals surface area contributed by atoms with Gasteiger partial charge < -0.3 is 14.8 Å². The molecule has 6 heteroatoms. The standard InChI is InChI=1S/C23H24N2O4/c1-15(2)16-8-10-17(11-9-16)19-14-24-21(29-19)13-12-20(26)25-22(23(27)28)18-6-4-3-5-7-18/h3-11,14-15,22H,12-13H2,1-2H3,(H,25,26)(H,27,28). The van der Waals surface area contributed by atoms with E-state index in [2.05, 4.69) is 36.3 Å². The number of rotatable bonds is 8. The molecule has 3 aromatic rings. The minimum Gasteiger partial charge on any atom is -0.479 e. The molecule has 6 nitrogen and oxygen atoms in total. The predicted molar refractivity (Wildman–Crippen MR) is 109 cm³/mol. The van der Waals surface area contributed by atoms with Crippen molar-refractivity contribution in [3.63, 3.8) is 0 Å². The molecular weight excluding hydrogens is 368 g/mol. The van der Waals surface area contributed by atoms with Crippen molar-refractivity contribution in [1.82, 2.24) is 10.3 Å². The zero-order chi connectivity index (χ0) is 20.8. The Morgan fingerprint density at radius 2 is 1.72 bits per heavy atom. The van der Waals surface area contributed by atoms with E-state index >= 15 is 0 Å². The molecule has 0 saturated heterocycles. The number of hydrogen-bond acceptors (Lipinski definition) is 4. The zero-order valence-corrected chi connectivity index (χ0v) is 16.5. The number of aliphatic carboxylic acids is 1. The Kier molecular flexibility index (Phi) is 6.44. The average Bonchev–Trinajstić information content (AvgIpc) is 3.20. The molecule has 0 spiro atoms. The lowest BCUT2D eigenvalue weighted by Crippen LogP contribution is -2.33. The first-order chi connectivity index (χ1) is 13.9. The van der Waals surface area contributed by atoms with Crippen LogP contribution in [0.4, 0.5) is 0 Å². The van der Waals surface area contributed by atoms with E-state index in [4.69, 9.17) is 4.42 Å². The highest BCUT2D eigenvalue weighted by Gasteiger charge is 2.22. The van der Waals surface area contributed by atoms with E-state index < -0.39 is 12.0 Å². The van der Waals surface area contributed by atoms with Gasteiger partial charge in [-0.2, -0.15) is 0 Å². The molecule has 1 atom stereocenters. The molecule has 0 fully saturated rings. The van der Waals surface area contributed by atoms with E-state index in [1.807, 2.05) is 12.1 Å². The molecule has 0 radical (unpaired) electrons. The van der Waals surface area contributed by atoms with Crippen LogP contribution >= 0.6 is 0 Å². The van der Waals surface area contributed by atoms with E-state index in [9.17, 15) is 14.7 Å². The van der Waals surface area contributed by atoms with Gasteiger partial charge in [0.25, 0.3) is 0 Å². The van der Waals surface area contributed by atoms with Crippen LogP contribution in [-0.4, -0.2) is 22.0 Å². The zero-order valence-electron chi connectivity index (χ0n) is 16.5. The molecule has 2 aromatic carbocycles.